The summed E-state index contributed by atoms with van der Waals surface area (Å²) in [6.07, 6.45) is 2.50. The molecule has 0 unspecified atom stereocenters. The van der Waals surface area contributed by atoms with Gasteiger partial charge in [-0.05, 0) is 6.92 Å². The van der Waals surface area contributed by atoms with Crippen molar-refractivity contribution in [2.75, 3.05) is 18.8 Å². The molecule has 0 aliphatic rings. The Morgan fingerprint density at radius 1 is 0.722 bits per heavy atom. The Bertz CT molecular complexity index is 196. The number of hydrogen-bond acceptors (Lipinski definition) is 2. The van der Waals surface area contributed by atoms with E-state index < -0.39 is 10.0 Å². The quantitative estimate of drug-likeness (QED) is 0.745. The van der Waals surface area contributed by atoms with Crippen molar-refractivity contribution in [2.24, 2.45) is 0 Å². The van der Waals surface area contributed by atoms with Crippen LogP contribution in [0.1, 0.15) is 76.2 Å². The fourth-order valence-corrected chi connectivity index (χ4v) is 1.95. The van der Waals surface area contributed by atoms with Crippen LogP contribution in [-0.2, 0) is 10.0 Å². The SMILES string of the molecule is C.C.CCC.CCC.CCN(CC)S(=O)(=O)CC. The van der Waals surface area contributed by atoms with Gasteiger partial charge in [0.25, 0.3) is 0 Å². The zero-order chi connectivity index (χ0) is 13.6. The van der Waals surface area contributed by atoms with Crippen molar-refractivity contribution in [1.29, 1.82) is 0 Å². The van der Waals surface area contributed by atoms with Gasteiger partial charge in [0.05, 0.1) is 5.75 Å². The van der Waals surface area contributed by atoms with E-state index in [1.807, 2.05) is 13.8 Å². The van der Waals surface area contributed by atoms with Crippen LogP contribution < -0.4 is 0 Å². The molecular weight excluding hydrogens is 246 g/mol. The average Bonchev–Trinajstić information content (AvgIpc) is 2.21. The molecule has 0 fully saturated rings. The molecule has 0 atom stereocenters. The van der Waals surface area contributed by atoms with E-state index >= 15 is 0 Å². The van der Waals surface area contributed by atoms with Gasteiger partial charge in [-0.3, -0.25) is 0 Å². The Morgan fingerprint density at radius 2 is 0.944 bits per heavy atom. The summed E-state index contributed by atoms with van der Waals surface area (Å²) in [5, 5.41) is 0. The van der Waals surface area contributed by atoms with Gasteiger partial charge in [-0.1, -0.05) is 69.2 Å². The van der Waals surface area contributed by atoms with Gasteiger partial charge in [-0.2, -0.15) is 0 Å². The van der Waals surface area contributed by atoms with Gasteiger partial charge in [-0.15, -0.1) is 0 Å². The highest BCUT2D eigenvalue weighted by molar-refractivity contribution is 7.89. The van der Waals surface area contributed by atoms with Crippen molar-refractivity contribution in [3.05, 3.63) is 0 Å². The van der Waals surface area contributed by atoms with Crippen molar-refractivity contribution < 1.29 is 8.42 Å². The molecule has 0 aromatic rings. The molecule has 0 heterocycles. The standard InChI is InChI=1S/C6H15NO2S.2C3H8.2CH4/c1-4-7(5-2)10(8,9)6-3;2*1-3-2;;/h4-6H2,1-3H3;2*3H2,1-2H3;2*1H4. The normalized spacial score (nSPS) is 8.89. The van der Waals surface area contributed by atoms with Crippen molar-refractivity contribution >= 4 is 10.0 Å². The third-order valence-electron chi connectivity index (χ3n) is 1.46. The Kier molecular flexibility index (Phi) is 37.8. The summed E-state index contributed by atoms with van der Waals surface area (Å²) in [6.45, 7) is 15.0. The summed E-state index contributed by atoms with van der Waals surface area (Å²) in [5.74, 6) is 0.203. The maximum absolute atomic E-state index is 11.1. The van der Waals surface area contributed by atoms with E-state index in [-0.39, 0.29) is 20.6 Å². The van der Waals surface area contributed by atoms with E-state index in [4.69, 9.17) is 0 Å². The van der Waals surface area contributed by atoms with E-state index in [1.54, 1.807) is 6.92 Å². The highest BCUT2D eigenvalue weighted by Crippen LogP contribution is 1.98. The van der Waals surface area contributed by atoms with E-state index in [1.165, 1.54) is 17.1 Å². The smallest absolute Gasteiger partial charge is 0.212 e. The van der Waals surface area contributed by atoms with Gasteiger partial charge >= 0.3 is 0 Å². The maximum Gasteiger partial charge on any atom is 0.213 e. The Balaban J connectivity index is -0.0000000603. The van der Waals surface area contributed by atoms with Gasteiger partial charge in [-0.25, -0.2) is 12.7 Å². The van der Waals surface area contributed by atoms with Gasteiger partial charge in [0, 0.05) is 13.1 Å². The summed E-state index contributed by atoms with van der Waals surface area (Å²) < 4.78 is 23.6. The minimum absolute atomic E-state index is 0. The Hall–Kier alpha value is -0.0900. The molecule has 0 saturated carbocycles. The van der Waals surface area contributed by atoms with E-state index in [9.17, 15) is 8.42 Å². The van der Waals surface area contributed by atoms with E-state index in [0.717, 1.165) is 0 Å². The lowest BCUT2D eigenvalue weighted by Crippen LogP contribution is -2.31. The topological polar surface area (TPSA) is 37.4 Å². The molecule has 0 amide bonds. The van der Waals surface area contributed by atoms with Gasteiger partial charge in [0.15, 0.2) is 0 Å². The third kappa shape index (κ3) is 21.2. The van der Waals surface area contributed by atoms with Crippen LogP contribution in [0.5, 0.6) is 0 Å². The molecule has 0 aromatic heterocycles. The predicted octanol–water partition coefficient (Wildman–Crippen LogP) is 4.78. The van der Waals surface area contributed by atoms with Crippen LogP contribution >= 0.6 is 0 Å². The molecular formula is C14H39NO2S. The van der Waals surface area contributed by atoms with Crippen LogP contribution in [-0.4, -0.2) is 31.6 Å². The summed E-state index contributed by atoms with van der Waals surface area (Å²) in [6, 6.07) is 0. The summed E-state index contributed by atoms with van der Waals surface area (Å²) in [7, 11) is -2.93. The lowest BCUT2D eigenvalue weighted by atomic mass is 10.6. The van der Waals surface area contributed by atoms with Crippen molar-refractivity contribution in [3.8, 4) is 0 Å². The Labute approximate surface area is 118 Å². The zero-order valence-electron chi connectivity index (χ0n) is 12.2. The van der Waals surface area contributed by atoms with Crippen LogP contribution in [0, 0.1) is 0 Å². The average molecular weight is 286 g/mol. The second-order valence-corrected chi connectivity index (χ2v) is 5.66. The largest absolute Gasteiger partial charge is 0.213 e. The van der Waals surface area contributed by atoms with Crippen LogP contribution in [0.2, 0.25) is 0 Å². The maximum atomic E-state index is 11.1. The molecule has 4 heteroatoms. The number of nitrogens with zero attached hydrogens (tertiary/aromatic N) is 1. The minimum Gasteiger partial charge on any atom is -0.212 e. The van der Waals surface area contributed by atoms with Crippen LogP contribution in [0.25, 0.3) is 0 Å². The lowest BCUT2D eigenvalue weighted by Gasteiger charge is -2.16. The predicted molar refractivity (Wildman–Crippen MR) is 87.8 cm³/mol. The fraction of sp³-hybridized carbons (Fsp3) is 1.00. The highest BCUT2D eigenvalue weighted by atomic mass is 32.2. The molecule has 0 bridgehead atoms. The monoisotopic (exact) mass is 285 g/mol. The first-order chi connectivity index (χ1) is 7.41. The van der Waals surface area contributed by atoms with Crippen LogP contribution in [0.4, 0.5) is 0 Å². The second-order valence-electron chi connectivity index (χ2n) is 3.40. The highest BCUT2D eigenvalue weighted by Gasteiger charge is 2.14. The van der Waals surface area contributed by atoms with Gasteiger partial charge < -0.3 is 0 Å². The van der Waals surface area contributed by atoms with Gasteiger partial charge in [0.2, 0.25) is 10.0 Å². The molecule has 0 saturated heterocycles. The minimum atomic E-state index is -2.93. The van der Waals surface area contributed by atoms with Crippen LogP contribution in [0.3, 0.4) is 0 Å². The van der Waals surface area contributed by atoms with Gasteiger partial charge in [0.1, 0.15) is 0 Å². The van der Waals surface area contributed by atoms with E-state index in [2.05, 4.69) is 27.7 Å². The number of hydrogen-bond donors (Lipinski definition) is 0. The molecule has 0 aliphatic heterocycles. The van der Waals surface area contributed by atoms with Crippen molar-refractivity contribution in [2.45, 2.75) is 76.2 Å². The lowest BCUT2D eigenvalue weighted by molar-refractivity contribution is 0.446. The molecule has 18 heavy (non-hydrogen) atoms. The molecule has 0 aliphatic carbocycles. The molecule has 0 aromatic carbocycles. The summed E-state index contributed by atoms with van der Waals surface area (Å²) in [4.78, 5) is 0. The first kappa shape index (κ1) is 30.7. The fourth-order valence-electron chi connectivity index (χ4n) is 0.800. The Morgan fingerprint density at radius 3 is 1.00 bits per heavy atom. The molecule has 118 valence electrons. The molecule has 0 radical (unpaired) electrons. The third-order valence-corrected chi connectivity index (χ3v) is 3.50. The molecule has 3 nitrogen and oxygen atoms in total. The first-order valence-electron chi connectivity index (χ1n) is 6.39. The summed E-state index contributed by atoms with van der Waals surface area (Å²) >= 11 is 0. The second kappa shape index (κ2) is 22.1. The molecule has 0 rings (SSSR count). The van der Waals surface area contributed by atoms with Crippen molar-refractivity contribution in [3.63, 3.8) is 0 Å². The number of rotatable bonds is 4. The van der Waals surface area contributed by atoms with Crippen LogP contribution in [0.15, 0.2) is 0 Å². The first-order valence-corrected chi connectivity index (χ1v) is 8.00. The summed E-state index contributed by atoms with van der Waals surface area (Å²) in [5.41, 5.74) is 0. The zero-order valence-corrected chi connectivity index (χ0v) is 13.0. The van der Waals surface area contributed by atoms with E-state index in [0.29, 0.717) is 13.1 Å². The molecule has 0 N–H and O–H groups in total. The van der Waals surface area contributed by atoms with Crippen molar-refractivity contribution in [1.82, 2.24) is 4.31 Å². The molecule has 0 spiro atoms. The number of sulfonamides is 1.